The smallest absolute Gasteiger partial charge is 0.223 e. The zero-order valence-corrected chi connectivity index (χ0v) is 15.9. The SMILES string of the molecule is CC(=O)Nc1ccc(CNC(=O)C[C@H]2c3ccccc3C=CN2C(C)=O)cc1. The van der Waals surface area contributed by atoms with Crippen LogP contribution in [0.25, 0.3) is 6.08 Å². The molecule has 0 radical (unpaired) electrons. The van der Waals surface area contributed by atoms with E-state index in [1.54, 1.807) is 23.2 Å². The Labute approximate surface area is 164 Å². The van der Waals surface area contributed by atoms with Crippen molar-refractivity contribution in [2.75, 3.05) is 5.32 Å². The fraction of sp³-hybridized carbons (Fsp3) is 0.227. The van der Waals surface area contributed by atoms with Crippen LogP contribution in [-0.2, 0) is 20.9 Å². The number of anilines is 1. The lowest BCUT2D eigenvalue weighted by atomic mass is 9.93. The minimum atomic E-state index is -0.319. The summed E-state index contributed by atoms with van der Waals surface area (Å²) in [5.41, 5.74) is 3.63. The van der Waals surface area contributed by atoms with Gasteiger partial charge in [0, 0.05) is 32.3 Å². The Morgan fingerprint density at radius 1 is 1.00 bits per heavy atom. The molecule has 3 rings (SSSR count). The van der Waals surface area contributed by atoms with E-state index in [0.717, 1.165) is 16.7 Å². The van der Waals surface area contributed by atoms with Gasteiger partial charge in [0.2, 0.25) is 17.7 Å². The van der Waals surface area contributed by atoms with Gasteiger partial charge in [0.1, 0.15) is 0 Å². The van der Waals surface area contributed by atoms with E-state index in [0.29, 0.717) is 12.2 Å². The third kappa shape index (κ3) is 4.65. The Kier molecular flexibility index (Phi) is 5.89. The lowest BCUT2D eigenvalue weighted by molar-refractivity contribution is -0.130. The molecule has 6 nitrogen and oxygen atoms in total. The minimum Gasteiger partial charge on any atom is -0.352 e. The van der Waals surface area contributed by atoms with Gasteiger partial charge in [0.25, 0.3) is 0 Å². The summed E-state index contributed by atoms with van der Waals surface area (Å²) < 4.78 is 0. The summed E-state index contributed by atoms with van der Waals surface area (Å²) in [7, 11) is 0. The maximum Gasteiger partial charge on any atom is 0.223 e. The van der Waals surface area contributed by atoms with Crippen molar-refractivity contribution in [2.45, 2.75) is 32.9 Å². The van der Waals surface area contributed by atoms with Crippen LogP contribution in [0.4, 0.5) is 5.69 Å². The predicted molar refractivity (Wildman–Crippen MR) is 108 cm³/mol. The van der Waals surface area contributed by atoms with Crippen LogP contribution in [0.5, 0.6) is 0 Å². The van der Waals surface area contributed by atoms with Crippen molar-refractivity contribution in [2.24, 2.45) is 0 Å². The third-order valence-corrected chi connectivity index (χ3v) is 4.61. The summed E-state index contributed by atoms with van der Waals surface area (Å²) in [6.45, 7) is 3.33. The quantitative estimate of drug-likeness (QED) is 0.840. The average molecular weight is 377 g/mol. The van der Waals surface area contributed by atoms with Crippen molar-refractivity contribution < 1.29 is 14.4 Å². The number of carbonyl (C=O) groups is 3. The van der Waals surface area contributed by atoms with E-state index in [1.165, 1.54) is 13.8 Å². The molecule has 0 saturated heterocycles. The molecule has 0 aliphatic carbocycles. The predicted octanol–water partition coefficient (Wildman–Crippen LogP) is 3.23. The van der Waals surface area contributed by atoms with Gasteiger partial charge in [-0.1, -0.05) is 36.4 Å². The lowest BCUT2D eigenvalue weighted by Gasteiger charge is -2.32. The van der Waals surface area contributed by atoms with Crippen LogP contribution >= 0.6 is 0 Å². The summed E-state index contributed by atoms with van der Waals surface area (Å²) in [5, 5.41) is 5.61. The first-order valence-corrected chi connectivity index (χ1v) is 9.13. The first-order valence-electron chi connectivity index (χ1n) is 9.13. The fourth-order valence-corrected chi connectivity index (χ4v) is 3.27. The molecule has 1 heterocycles. The summed E-state index contributed by atoms with van der Waals surface area (Å²) in [6.07, 6.45) is 3.82. The molecule has 3 amide bonds. The van der Waals surface area contributed by atoms with E-state index in [2.05, 4.69) is 10.6 Å². The number of carbonyl (C=O) groups excluding carboxylic acids is 3. The van der Waals surface area contributed by atoms with E-state index >= 15 is 0 Å². The summed E-state index contributed by atoms with van der Waals surface area (Å²) in [4.78, 5) is 37.2. The molecule has 1 atom stereocenters. The number of nitrogens with zero attached hydrogens (tertiary/aromatic N) is 1. The van der Waals surface area contributed by atoms with Crippen molar-refractivity contribution in [3.05, 3.63) is 71.4 Å². The standard InChI is InChI=1S/C22H23N3O3/c1-15(26)24-19-9-7-17(8-10-19)14-23-22(28)13-21-20-6-4-3-5-18(20)11-12-25(21)16(2)27/h3-12,21H,13-14H2,1-2H3,(H,23,28)(H,24,26)/t21-/m0/s1. The van der Waals surface area contributed by atoms with Crippen molar-refractivity contribution in [3.8, 4) is 0 Å². The summed E-state index contributed by atoms with van der Waals surface area (Å²) in [5.74, 6) is -0.359. The number of fused-ring (bicyclic) bond motifs is 1. The molecular weight excluding hydrogens is 354 g/mol. The van der Waals surface area contributed by atoms with Crippen molar-refractivity contribution in [1.29, 1.82) is 0 Å². The van der Waals surface area contributed by atoms with E-state index in [9.17, 15) is 14.4 Å². The Morgan fingerprint density at radius 3 is 2.39 bits per heavy atom. The normalized spacial score (nSPS) is 14.9. The number of hydrogen-bond donors (Lipinski definition) is 2. The van der Waals surface area contributed by atoms with Gasteiger partial charge in [-0.05, 0) is 34.9 Å². The fourth-order valence-electron chi connectivity index (χ4n) is 3.27. The van der Waals surface area contributed by atoms with Gasteiger partial charge in [-0.3, -0.25) is 14.4 Å². The van der Waals surface area contributed by atoms with Crippen molar-refractivity contribution >= 4 is 29.5 Å². The molecule has 0 bridgehead atoms. The molecule has 6 heteroatoms. The van der Waals surface area contributed by atoms with E-state index in [-0.39, 0.29) is 30.2 Å². The van der Waals surface area contributed by atoms with Crippen LogP contribution in [-0.4, -0.2) is 22.6 Å². The molecule has 28 heavy (non-hydrogen) atoms. The Hall–Kier alpha value is -3.41. The van der Waals surface area contributed by atoms with E-state index < -0.39 is 0 Å². The molecule has 1 aliphatic heterocycles. The zero-order valence-electron chi connectivity index (χ0n) is 15.9. The van der Waals surface area contributed by atoms with Gasteiger partial charge in [-0.2, -0.15) is 0 Å². The van der Waals surface area contributed by atoms with Gasteiger partial charge in [-0.15, -0.1) is 0 Å². The van der Waals surface area contributed by atoms with Gasteiger partial charge in [0.05, 0.1) is 12.5 Å². The zero-order chi connectivity index (χ0) is 20.1. The molecular formula is C22H23N3O3. The molecule has 1 aliphatic rings. The molecule has 2 aromatic carbocycles. The maximum absolute atomic E-state index is 12.5. The van der Waals surface area contributed by atoms with Crippen LogP contribution in [0.15, 0.2) is 54.7 Å². The van der Waals surface area contributed by atoms with Crippen LogP contribution in [0.2, 0.25) is 0 Å². The van der Waals surface area contributed by atoms with Gasteiger partial charge >= 0.3 is 0 Å². The van der Waals surface area contributed by atoms with Crippen LogP contribution < -0.4 is 10.6 Å². The Morgan fingerprint density at radius 2 is 1.71 bits per heavy atom. The molecule has 2 aromatic rings. The van der Waals surface area contributed by atoms with Crippen LogP contribution in [0.1, 0.15) is 43.0 Å². The molecule has 144 valence electrons. The maximum atomic E-state index is 12.5. The highest BCUT2D eigenvalue weighted by Gasteiger charge is 2.27. The first-order chi connectivity index (χ1) is 13.4. The summed E-state index contributed by atoms with van der Waals surface area (Å²) >= 11 is 0. The van der Waals surface area contributed by atoms with Crippen LogP contribution in [0, 0.1) is 0 Å². The molecule has 0 saturated carbocycles. The van der Waals surface area contributed by atoms with E-state index in [4.69, 9.17) is 0 Å². The van der Waals surface area contributed by atoms with Gasteiger partial charge < -0.3 is 15.5 Å². The number of hydrogen-bond acceptors (Lipinski definition) is 3. The molecule has 2 N–H and O–H groups in total. The van der Waals surface area contributed by atoms with Crippen LogP contribution in [0.3, 0.4) is 0 Å². The van der Waals surface area contributed by atoms with Crippen molar-refractivity contribution in [1.82, 2.24) is 10.2 Å². The highest BCUT2D eigenvalue weighted by Crippen LogP contribution is 2.32. The highest BCUT2D eigenvalue weighted by molar-refractivity contribution is 5.88. The first kappa shape index (κ1) is 19.4. The molecule has 0 fully saturated rings. The second kappa shape index (κ2) is 8.52. The average Bonchev–Trinajstić information content (AvgIpc) is 2.67. The second-order valence-electron chi connectivity index (χ2n) is 6.75. The topological polar surface area (TPSA) is 78.5 Å². The Bertz CT molecular complexity index is 919. The largest absolute Gasteiger partial charge is 0.352 e. The van der Waals surface area contributed by atoms with Gasteiger partial charge in [0.15, 0.2) is 0 Å². The number of rotatable bonds is 5. The second-order valence-corrected chi connectivity index (χ2v) is 6.75. The number of nitrogens with one attached hydrogen (secondary N) is 2. The highest BCUT2D eigenvalue weighted by atomic mass is 16.2. The summed E-state index contributed by atoms with van der Waals surface area (Å²) in [6, 6.07) is 14.8. The third-order valence-electron chi connectivity index (χ3n) is 4.61. The molecule has 0 aromatic heterocycles. The number of amides is 3. The monoisotopic (exact) mass is 377 g/mol. The molecule has 0 spiro atoms. The van der Waals surface area contributed by atoms with E-state index in [1.807, 2.05) is 42.5 Å². The van der Waals surface area contributed by atoms with Gasteiger partial charge in [-0.25, -0.2) is 0 Å². The Balaban J connectivity index is 1.64. The molecule has 0 unspecified atom stereocenters. The van der Waals surface area contributed by atoms with Crippen molar-refractivity contribution in [3.63, 3.8) is 0 Å². The number of benzene rings is 2. The lowest BCUT2D eigenvalue weighted by Crippen LogP contribution is -2.35. The minimum absolute atomic E-state index is 0.0999.